The van der Waals surface area contributed by atoms with Crippen LogP contribution >= 0.6 is 0 Å². The van der Waals surface area contributed by atoms with Crippen LogP contribution in [0.25, 0.3) is 0 Å². The van der Waals surface area contributed by atoms with Gasteiger partial charge in [0.25, 0.3) is 0 Å². The first-order valence-corrected chi connectivity index (χ1v) is 4.49. The van der Waals surface area contributed by atoms with Crippen molar-refractivity contribution in [3.63, 3.8) is 0 Å². The fraction of sp³-hybridized carbons (Fsp3) is 0.300. The molecule has 2 heterocycles. The van der Waals surface area contributed by atoms with E-state index in [1.165, 1.54) is 0 Å². The number of imidazole rings is 1. The Balaban J connectivity index is 2.31. The summed E-state index contributed by atoms with van der Waals surface area (Å²) >= 11 is 0. The van der Waals surface area contributed by atoms with Crippen molar-refractivity contribution in [2.45, 2.75) is 20.4 Å². The van der Waals surface area contributed by atoms with Crippen molar-refractivity contribution in [3.05, 3.63) is 35.5 Å². The summed E-state index contributed by atoms with van der Waals surface area (Å²) in [6.07, 6.45) is 3.45. The Labute approximate surface area is 82.4 Å². The van der Waals surface area contributed by atoms with Gasteiger partial charge in [-0.1, -0.05) is 0 Å². The molecule has 0 unspecified atom stereocenters. The highest BCUT2D eigenvalue weighted by atomic mass is 16.3. The largest absolute Gasteiger partial charge is 0.467 e. The molecule has 0 radical (unpaired) electrons. The third-order valence-electron chi connectivity index (χ3n) is 2.36. The van der Waals surface area contributed by atoms with Crippen molar-refractivity contribution < 1.29 is 4.42 Å². The van der Waals surface area contributed by atoms with Crippen molar-refractivity contribution in [3.8, 4) is 0 Å². The van der Waals surface area contributed by atoms with Gasteiger partial charge in [0, 0.05) is 5.69 Å². The number of nitrogens with zero attached hydrogens (tertiary/aromatic N) is 2. The first-order chi connectivity index (χ1) is 6.68. The maximum atomic E-state index is 5.72. The minimum atomic E-state index is 0.526. The van der Waals surface area contributed by atoms with Gasteiger partial charge in [0.05, 0.1) is 19.0 Å². The highest BCUT2D eigenvalue weighted by Gasteiger charge is 2.07. The SMILES string of the molecule is Cc1ccoc1Cn1c(C)cnc1N. The first-order valence-electron chi connectivity index (χ1n) is 4.49. The maximum Gasteiger partial charge on any atom is 0.200 e. The van der Waals surface area contributed by atoms with Gasteiger partial charge in [-0.05, 0) is 25.5 Å². The topological polar surface area (TPSA) is 57.0 Å². The lowest BCUT2D eigenvalue weighted by atomic mass is 10.3. The smallest absolute Gasteiger partial charge is 0.200 e. The summed E-state index contributed by atoms with van der Waals surface area (Å²) in [4.78, 5) is 4.03. The second-order valence-electron chi connectivity index (χ2n) is 3.37. The number of nitrogen functional groups attached to an aromatic ring is 1. The van der Waals surface area contributed by atoms with Crippen LogP contribution < -0.4 is 5.73 Å². The Hall–Kier alpha value is -1.71. The van der Waals surface area contributed by atoms with E-state index in [0.29, 0.717) is 12.5 Å². The van der Waals surface area contributed by atoms with E-state index in [0.717, 1.165) is 17.0 Å². The fourth-order valence-corrected chi connectivity index (χ4v) is 1.40. The maximum absolute atomic E-state index is 5.72. The van der Waals surface area contributed by atoms with Crippen LogP contribution in [0.2, 0.25) is 0 Å². The summed E-state index contributed by atoms with van der Waals surface area (Å²) in [5.74, 6) is 1.45. The van der Waals surface area contributed by atoms with Gasteiger partial charge in [-0.15, -0.1) is 0 Å². The van der Waals surface area contributed by atoms with Crippen molar-refractivity contribution in [1.29, 1.82) is 0 Å². The molecule has 0 bridgehead atoms. The molecule has 0 aliphatic carbocycles. The predicted molar refractivity (Wildman–Crippen MR) is 53.9 cm³/mol. The Morgan fingerprint density at radius 3 is 2.79 bits per heavy atom. The third-order valence-corrected chi connectivity index (χ3v) is 2.36. The van der Waals surface area contributed by atoms with Gasteiger partial charge >= 0.3 is 0 Å². The Morgan fingerprint density at radius 1 is 1.50 bits per heavy atom. The number of nitrogens with two attached hydrogens (primary N) is 1. The molecule has 4 heteroatoms. The molecule has 0 saturated heterocycles. The molecule has 0 fully saturated rings. The Kier molecular flexibility index (Phi) is 2.04. The average Bonchev–Trinajstić information content (AvgIpc) is 2.67. The monoisotopic (exact) mass is 191 g/mol. The van der Waals surface area contributed by atoms with Crippen LogP contribution in [0.15, 0.2) is 22.9 Å². The van der Waals surface area contributed by atoms with Crippen molar-refractivity contribution in [2.75, 3.05) is 5.73 Å². The van der Waals surface area contributed by atoms with Crippen LogP contribution in [-0.4, -0.2) is 9.55 Å². The zero-order valence-electron chi connectivity index (χ0n) is 8.32. The highest BCUT2D eigenvalue weighted by Crippen LogP contribution is 2.14. The van der Waals surface area contributed by atoms with E-state index in [1.54, 1.807) is 12.5 Å². The number of aryl methyl sites for hydroxylation is 2. The molecule has 4 nitrogen and oxygen atoms in total. The van der Waals surface area contributed by atoms with Crippen molar-refractivity contribution in [1.82, 2.24) is 9.55 Å². The standard InChI is InChI=1S/C10H13N3O/c1-7-3-4-14-9(7)6-13-8(2)5-12-10(13)11/h3-5H,6H2,1-2H3,(H2,11,12). The van der Waals surface area contributed by atoms with Crippen LogP contribution in [0.3, 0.4) is 0 Å². The molecular formula is C10H13N3O. The van der Waals surface area contributed by atoms with Gasteiger partial charge in [0.1, 0.15) is 5.76 Å². The minimum Gasteiger partial charge on any atom is -0.467 e. The van der Waals surface area contributed by atoms with Gasteiger partial charge in [-0.3, -0.25) is 0 Å². The molecule has 0 saturated carbocycles. The Bertz CT molecular complexity index is 422. The van der Waals surface area contributed by atoms with E-state index in [1.807, 2.05) is 24.5 Å². The number of furan rings is 1. The van der Waals surface area contributed by atoms with Gasteiger partial charge < -0.3 is 14.7 Å². The van der Waals surface area contributed by atoms with Gasteiger partial charge in [-0.25, -0.2) is 4.98 Å². The Morgan fingerprint density at radius 2 is 2.29 bits per heavy atom. The summed E-state index contributed by atoms with van der Waals surface area (Å²) in [5.41, 5.74) is 7.89. The number of hydrogen-bond donors (Lipinski definition) is 1. The second-order valence-corrected chi connectivity index (χ2v) is 3.37. The summed E-state index contributed by atoms with van der Waals surface area (Å²) in [7, 11) is 0. The van der Waals surface area contributed by atoms with E-state index < -0.39 is 0 Å². The molecule has 74 valence electrons. The molecule has 0 spiro atoms. The van der Waals surface area contributed by atoms with E-state index in [9.17, 15) is 0 Å². The van der Waals surface area contributed by atoms with Crippen LogP contribution in [0.1, 0.15) is 17.0 Å². The number of hydrogen-bond acceptors (Lipinski definition) is 3. The number of rotatable bonds is 2. The van der Waals surface area contributed by atoms with E-state index >= 15 is 0 Å². The highest BCUT2D eigenvalue weighted by molar-refractivity contribution is 5.25. The van der Waals surface area contributed by atoms with Crippen molar-refractivity contribution >= 4 is 5.95 Å². The fourth-order valence-electron chi connectivity index (χ4n) is 1.40. The third kappa shape index (κ3) is 1.39. The molecule has 0 amide bonds. The lowest BCUT2D eigenvalue weighted by molar-refractivity contribution is 0.490. The van der Waals surface area contributed by atoms with Gasteiger partial charge in [-0.2, -0.15) is 0 Å². The lowest BCUT2D eigenvalue weighted by Crippen LogP contribution is -2.06. The molecule has 2 aromatic heterocycles. The van der Waals surface area contributed by atoms with Crippen LogP contribution in [0.5, 0.6) is 0 Å². The summed E-state index contributed by atoms with van der Waals surface area (Å²) in [5, 5.41) is 0. The van der Waals surface area contributed by atoms with Crippen LogP contribution in [-0.2, 0) is 6.54 Å². The zero-order valence-corrected chi connectivity index (χ0v) is 8.32. The van der Waals surface area contributed by atoms with E-state index in [2.05, 4.69) is 4.98 Å². The molecule has 2 aromatic rings. The first kappa shape index (κ1) is 8.87. The number of anilines is 1. The molecule has 0 aliphatic heterocycles. The quantitative estimate of drug-likeness (QED) is 0.786. The zero-order chi connectivity index (χ0) is 10.1. The molecule has 14 heavy (non-hydrogen) atoms. The van der Waals surface area contributed by atoms with Gasteiger partial charge in [0.2, 0.25) is 5.95 Å². The minimum absolute atomic E-state index is 0.526. The molecule has 2 N–H and O–H groups in total. The van der Waals surface area contributed by atoms with Gasteiger partial charge in [0.15, 0.2) is 0 Å². The lowest BCUT2D eigenvalue weighted by Gasteiger charge is -2.05. The predicted octanol–water partition coefficient (Wildman–Crippen LogP) is 1.72. The number of aromatic nitrogens is 2. The molecular weight excluding hydrogens is 178 g/mol. The molecule has 0 atom stereocenters. The van der Waals surface area contributed by atoms with Crippen molar-refractivity contribution in [2.24, 2.45) is 0 Å². The molecule has 2 rings (SSSR count). The summed E-state index contributed by atoms with van der Waals surface area (Å²) < 4.78 is 7.27. The summed E-state index contributed by atoms with van der Waals surface area (Å²) in [6.45, 7) is 4.64. The molecule has 0 aliphatic rings. The second kappa shape index (κ2) is 3.21. The summed E-state index contributed by atoms with van der Waals surface area (Å²) in [6, 6.07) is 1.94. The van der Waals surface area contributed by atoms with Crippen LogP contribution in [0.4, 0.5) is 5.95 Å². The van der Waals surface area contributed by atoms with Crippen LogP contribution in [0, 0.1) is 13.8 Å². The average molecular weight is 191 g/mol. The normalized spacial score (nSPS) is 10.7. The van der Waals surface area contributed by atoms with E-state index in [4.69, 9.17) is 10.2 Å². The molecule has 0 aromatic carbocycles. The van der Waals surface area contributed by atoms with E-state index in [-0.39, 0.29) is 0 Å².